The number of rotatable bonds is 6. The van der Waals surface area contributed by atoms with Gasteiger partial charge in [0.05, 0.1) is 17.5 Å². The van der Waals surface area contributed by atoms with Gasteiger partial charge in [0, 0.05) is 52.3 Å². The second kappa shape index (κ2) is 8.20. The van der Waals surface area contributed by atoms with Crippen LogP contribution in [-0.2, 0) is 4.74 Å². The average molecular weight is 410 g/mol. The molecule has 5 heteroatoms. The molecule has 0 amide bonds. The molecule has 3 aliphatic rings. The lowest BCUT2D eigenvalue weighted by molar-refractivity contribution is 0.0878. The van der Waals surface area contributed by atoms with E-state index in [0.29, 0.717) is 12.0 Å². The molecular weight excluding hydrogens is 377 g/mol. The molecule has 0 aliphatic carbocycles. The standard InChI is InChI=1S/C25H32FN3O/c1-27-15-16-29-22-12-14-28(17-21(22)20-5-3-6-23(27)25(20)29)13-4-7-24(30-2)18-8-10-19(26)11-9-18/h3,5-6,8-11,21-22,24H,4,7,12-17H2,1-2H3. The summed E-state index contributed by atoms with van der Waals surface area (Å²) in [5, 5.41) is 0. The first-order valence-electron chi connectivity index (χ1n) is 11.3. The Balaban J connectivity index is 1.22. The predicted molar refractivity (Wildman–Crippen MR) is 120 cm³/mol. The van der Waals surface area contributed by atoms with Gasteiger partial charge in [-0.25, -0.2) is 4.39 Å². The number of piperidine rings is 1. The van der Waals surface area contributed by atoms with Crippen molar-refractivity contribution in [2.75, 3.05) is 56.7 Å². The van der Waals surface area contributed by atoms with E-state index in [9.17, 15) is 4.39 Å². The first-order chi connectivity index (χ1) is 14.7. The van der Waals surface area contributed by atoms with E-state index in [1.54, 1.807) is 12.7 Å². The van der Waals surface area contributed by atoms with Crippen molar-refractivity contribution in [3.05, 3.63) is 59.4 Å². The molecule has 0 aromatic heterocycles. The van der Waals surface area contributed by atoms with E-state index in [2.05, 4.69) is 39.9 Å². The van der Waals surface area contributed by atoms with E-state index in [-0.39, 0.29) is 11.9 Å². The Labute approximate surface area is 179 Å². The highest BCUT2D eigenvalue weighted by Crippen LogP contribution is 2.50. The first kappa shape index (κ1) is 19.8. The molecule has 3 aliphatic heterocycles. The molecule has 3 unspecified atom stereocenters. The minimum atomic E-state index is -0.194. The SMILES string of the molecule is COC(CCCN1CCC2C(C1)c1cccc3c1N2CCN3C)c1ccc(F)cc1. The zero-order valence-electron chi connectivity index (χ0n) is 18.1. The molecule has 3 atom stereocenters. The highest BCUT2D eigenvalue weighted by atomic mass is 19.1. The molecule has 1 fully saturated rings. The lowest BCUT2D eigenvalue weighted by Crippen LogP contribution is -2.49. The van der Waals surface area contributed by atoms with Crippen molar-refractivity contribution in [1.82, 2.24) is 4.90 Å². The molecule has 0 bridgehead atoms. The van der Waals surface area contributed by atoms with Crippen molar-refractivity contribution in [1.29, 1.82) is 0 Å². The van der Waals surface area contributed by atoms with Crippen molar-refractivity contribution in [2.24, 2.45) is 0 Å². The van der Waals surface area contributed by atoms with Gasteiger partial charge in [-0.15, -0.1) is 0 Å². The van der Waals surface area contributed by atoms with Crippen LogP contribution in [0.5, 0.6) is 0 Å². The van der Waals surface area contributed by atoms with E-state index in [0.717, 1.165) is 44.6 Å². The highest BCUT2D eigenvalue weighted by Gasteiger charge is 2.44. The fraction of sp³-hybridized carbons (Fsp3) is 0.520. The van der Waals surface area contributed by atoms with Crippen LogP contribution in [0.2, 0.25) is 0 Å². The third-order valence-electron chi connectivity index (χ3n) is 7.35. The van der Waals surface area contributed by atoms with Crippen LogP contribution in [-0.4, -0.2) is 57.8 Å². The lowest BCUT2D eigenvalue weighted by atomic mass is 9.89. The highest BCUT2D eigenvalue weighted by molar-refractivity contribution is 5.80. The number of likely N-dealkylation sites (tertiary alicyclic amines) is 1. The lowest BCUT2D eigenvalue weighted by Gasteiger charge is -2.41. The molecule has 0 N–H and O–H groups in total. The number of nitrogens with zero attached hydrogens (tertiary/aromatic N) is 3. The Hall–Kier alpha value is -2.11. The van der Waals surface area contributed by atoms with Gasteiger partial charge in [0.25, 0.3) is 0 Å². The van der Waals surface area contributed by atoms with Gasteiger partial charge in [-0.1, -0.05) is 24.3 Å². The van der Waals surface area contributed by atoms with Crippen LogP contribution in [0.1, 0.15) is 42.4 Å². The van der Waals surface area contributed by atoms with E-state index in [1.165, 1.54) is 36.5 Å². The van der Waals surface area contributed by atoms with Crippen LogP contribution in [0.25, 0.3) is 0 Å². The molecule has 1 saturated heterocycles. The zero-order chi connectivity index (χ0) is 20.7. The molecule has 2 aromatic rings. The van der Waals surface area contributed by atoms with Gasteiger partial charge in [-0.05, 0) is 55.1 Å². The number of methoxy groups -OCH3 is 1. The van der Waals surface area contributed by atoms with Crippen LogP contribution in [0.15, 0.2) is 42.5 Å². The molecule has 30 heavy (non-hydrogen) atoms. The molecule has 0 saturated carbocycles. The predicted octanol–water partition coefficient (Wildman–Crippen LogP) is 4.42. The maximum Gasteiger partial charge on any atom is 0.123 e. The number of hydrogen-bond donors (Lipinski definition) is 0. The van der Waals surface area contributed by atoms with Crippen LogP contribution in [0.4, 0.5) is 15.8 Å². The van der Waals surface area contributed by atoms with Gasteiger partial charge in [0.1, 0.15) is 5.82 Å². The summed E-state index contributed by atoms with van der Waals surface area (Å²) < 4.78 is 18.9. The summed E-state index contributed by atoms with van der Waals surface area (Å²) >= 11 is 0. The molecule has 2 aromatic carbocycles. The van der Waals surface area contributed by atoms with Crippen molar-refractivity contribution in [2.45, 2.75) is 37.3 Å². The fourth-order valence-electron chi connectivity index (χ4n) is 5.78. The number of halogens is 1. The number of hydrogen-bond acceptors (Lipinski definition) is 4. The number of fused-ring (bicyclic) bond motifs is 3. The van der Waals surface area contributed by atoms with Crippen LogP contribution in [0, 0.1) is 5.82 Å². The summed E-state index contributed by atoms with van der Waals surface area (Å²) in [5.74, 6) is 0.427. The van der Waals surface area contributed by atoms with Gasteiger partial charge < -0.3 is 19.4 Å². The van der Waals surface area contributed by atoms with Gasteiger partial charge in [0.15, 0.2) is 0 Å². The minimum absolute atomic E-state index is 0.0399. The third kappa shape index (κ3) is 3.48. The van der Waals surface area contributed by atoms with Crippen LogP contribution >= 0.6 is 0 Å². The molecule has 4 nitrogen and oxygen atoms in total. The van der Waals surface area contributed by atoms with Crippen LogP contribution < -0.4 is 9.80 Å². The maximum atomic E-state index is 13.2. The summed E-state index contributed by atoms with van der Waals surface area (Å²) in [6, 6.07) is 14.3. The Morgan fingerprint density at radius 1 is 1.10 bits per heavy atom. The van der Waals surface area contributed by atoms with Gasteiger partial charge in [-0.2, -0.15) is 0 Å². The minimum Gasteiger partial charge on any atom is -0.377 e. The normalized spacial score (nSPS) is 24.0. The molecule has 0 spiro atoms. The monoisotopic (exact) mass is 409 g/mol. The summed E-state index contributed by atoms with van der Waals surface area (Å²) in [6.45, 7) is 5.68. The van der Waals surface area contributed by atoms with E-state index >= 15 is 0 Å². The van der Waals surface area contributed by atoms with E-state index < -0.39 is 0 Å². The number of ether oxygens (including phenoxy) is 1. The van der Waals surface area contributed by atoms with Gasteiger partial charge in [-0.3, -0.25) is 0 Å². The quantitative estimate of drug-likeness (QED) is 0.703. The number of para-hydroxylation sites is 1. The smallest absolute Gasteiger partial charge is 0.123 e. The van der Waals surface area contributed by atoms with Gasteiger partial charge >= 0.3 is 0 Å². The average Bonchev–Trinajstić information content (AvgIpc) is 3.09. The second-order valence-corrected chi connectivity index (χ2v) is 9.01. The van der Waals surface area contributed by atoms with Crippen LogP contribution in [0.3, 0.4) is 0 Å². The second-order valence-electron chi connectivity index (χ2n) is 9.01. The molecular formula is C25H32FN3O. The Bertz CT molecular complexity index is 886. The third-order valence-corrected chi connectivity index (χ3v) is 7.35. The molecule has 3 heterocycles. The fourth-order valence-corrected chi connectivity index (χ4v) is 5.78. The summed E-state index contributed by atoms with van der Waals surface area (Å²) in [5.41, 5.74) is 5.52. The topological polar surface area (TPSA) is 19.0 Å². The summed E-state index contributed by atoms with van der Waals surface area (Å²) in [6.07, 6.45) is 3.34. The number of benzene rings is 2. The number of likely N-dealkylation sites (N-methyl/N-ethyl adjacent to an activating group) is 1. The van der Waals surface area contributed by atoms with Gasteiger partial charge in [0.2, 0.25) is 0 Å². The molecule has 160 valence electrons. The van der Waals surface area contributed by atoms with Crippen molar-refractivity contribution in [3.63, 3.8) is 0 Å². The molecule has 0 radical (unpaired) electrons. The van der Waals surface area contributed by atoms with Crippen molar-refractivity contribution >= 4 is 11.4 Å². The zero-order valence-corrected chi connectivity index (χ0v) is 18.1. The first-order valence-corrected chi connectivity index (χ1v) is 11.3. The largest absolute Gasteiger partial charge is 0.377 e. The Kier molecular flexibility index (Phi) is 5.42. The van der Waals surface area contributed by atoms with E-state index in [1.807, 2.05) is 12.1 Å². The molecule has 5 rings (SSSR count). The van der Waals surface area contributed by atoms with Crippen molar-refractivity contribution < 1.29 is 9.13 Å². The van der Waals surface area contributed by atoms with Crippen molar-refractivity contribution in [3.8, 4) is 0 Å². The summed E-state index contributed by atoms with van der Waals surface area (Å²) in [7, 11) is 3.97. The Morgan fingerprint density at radius 3 is 2.73 bits per heavy atom. The maximum absolute atomic E-state index is 13.2. The van der Waals surface area contributed by atoms with E-state index in [4.69, 9.17) is 4.74 Å². The number of anilines is 2. The summed E-state index contributed by atoms with van der Waals surface area (Å²) in [4.78, 5) is 7.74. The Morgan fingerprint density at radius 2 is 1.93 bits per heavy atom.